The van der Waals surface area contributed by atoms with Gasteiger partial charge < -0.3 is 10.1 Å². The molecule has 3 aromatic rings. The average molecular weight is 495 g/mol. The van der Waals surface area contributed by atoms with Crippen LogP contribution >= 0.6 is 0 Å². The van der Waals surface area contributed by atoms with E-state index in [2.05, 4.69) is 5.32 Å². The fraction of sp³-hybridized carbons (Fsp3) is 0.321. The summed E-state index contributed by atoms with van der Waals surface area (Å²) in [6, 6.07) is 19.5. The van der Waals surface area contributed by atoms with Crippen molar-refractivity contribution < 1.29 is 17.9 Å². The number of sulfonamides is 1. The summed E-state index contributed by atoms with van der Waals surface area (Å²) >= 11 is 0. The Morgan fingerprint density at radius 2 is 1.69 bits per heavy atom. The quantitative estimate of drug-likeness (QED) is 0.413. The number of hydrogen-bond acceptors (Lipinski definition) is 4. The first-order chi connectivity index (χ1) is 16.7. The molecule has 3 aromatic carbocycles. The van der Waals surface area contributed by atoms with E-state index in [1.54, 1.807) is 43.5 Å². The lowest BCUT2D eigenvalue weighted by molar-refractivity contribution is -0.120. The summed E-state index contributed by atoms with van der Waals surface area (Å²) in [5.41, 5.74) is 4.25. The zero-order chi connectivity index (χ0) is 25.6. The molecule has 0 heterocycles. The Labute approximate surface area is 209 Å². The summed E-state index contributed by atoms with van der Waals surface area (Å²) in [6.45, 7) is 7.49. The second-order valence-electron chi connectivity index (χ2n) is 8.56. The Morgan fingerprint density at radius 1 is 1.00 bits per heavy atom. The summed E-state index contributed by atoms with van der Waals surface area (Å²) in [6.07, 6.45) is 1.30. The largest absolute Gasteiger partial charge is 0.496 e. The molecular formula is C28H34N2O4S. The third kappa shape index (κ3) is 6.03. The summed E-state index contributed by atoms with van der Waals surface area (Å²) in [5.74, 6) is 0.411. The Bertz CT molecular complexity index is 1270. The highest BCUT2D eigenvalue weighted by Crippen LogP contribution is 2.28. The van der Waals surface area contributed by atoms with E-state index in [4.69, 9.17) is 4.74 Å². The number of methoxy groups -OCH3 is 1. The van der Waals surface area contributed by atoms with Crippen LogP contribution in [0.4, 0.5) is 5.69 Å². The van der Waals surface area contributed by atoms with E-state index in [0.717, 1.165) is 28.0 Å². The molecule has 0 aliphatic rings. The molecule has 0 saturated carbocycles. The summed E-state index contributed by atoms with van der Waals surface area (Å²) in [5, 5.41) is 3.03. The van der Waals surface area contributed by atoms with Crippen molar-refractivity contribution >= 4 is 21.6 Å². The normalized spacial score (nSPS) is 12.1. The number of benzene rings is 3. The first-order valence-corrected chi connectivity index (χ1v) is 13.3. The minimum absolute atomic E-state index is 0.152. The molecule has 1 N–H and O–H groups in total. The molecule has 1 amide bonds. The topological polar surface area (TPSA) is 75.7 Å². The zero-order valence-corrected chi connectivity index (χ0v) is 21.9. The van der Waals surface area contributed by atoms with Gasteiger partial charge in [0, 0.05) is 0 Å². The van der Waals surface area contributed by atoms with Gasteiger partial charge in [-0.15, -0.1) is 0 Å². The van der Waals surface area contributed by atoms with Crippen LogP contribution in [0.5, 0.6) is 5.75 Å². The lowest BCUT2D eigenvalue weighted by atomic mass is 10.0. The van der Waals surface area contributed by atoms with Crippen LogP contribution in [-0.4, -0.2) is 28.0 Å². The van der Waals surface area contributed by atoms with Crippen LogP contribution in [0, 0.1) is 13.8 Å². The average Bonchev–Trinajstić information content (AvgIpc) is 2.86. The minimum atomic E-state index is -3.97. The van der Waals surface area contributed by atoms with Gasteiger partial charge in [0.05, 0.1) is 23.7 Å². The summed E-state index contributed by atoms with van der Waals surface area (Å²) < 4.78 is 34.0. The monoisotopic (exact) mass is 494 g/mol. The molecule has 0 aliphatic heterocycles. The fourth-order valence-corrected chi connectivity index (χ4v) is 5.56. The molecule has 0 radical (unpaired) electrons. The highest BCUT2D eigenvalue weighted by atomic mass is 32.2. The number of amides is 1. The molecule has 0 saturated heterocycles. The van der Waals surface area contributed by atoms with Crippen LogP contribution in [0.3, 0.4) is 0 Å². The van der Waals surface area contributed by atoms with E-state index in [1.807, 2.05) is 58.0 Å². The molecule has 1 atom stereocenters. The van der Waals surface area contributed by atoms with Gasteiger partial charge in [-0.3, -0.25) is 9.10 Å². The maximum Gasteiger partial charge on any atom is 0.264 e. The van der Waals surface area contributed by atoms with Crippen LogP contribution in [0.1, 0.15) is 48.6 Å². The Balaban J connectivity index is 1.94. The van der Waals surface area contributed by atoms with E-state index in [1.165, 1.54) is 4.31 Å². The molecule has 7 heteroatoms. The van der Waals surface area contributed by atoms with E-state index in [-0.39, 0.29) is 23.4 Å². The molecule has 0 bridgehead atoms. The Morgan fingerprint density at radius 3 is 2.29 bits per heavy atom. The lowest BCUT2D eigenvalue weighted by Crippen LogP contribution is -2.42. The van der Waals surface area contributed by atoms with E-state index < -0.39 is 10.0 Å². The number of carbonyl (C=O) groups excluding carboxylic acids is 1. The van der Waals surface area contributed by atoms with Gasteiger partial charge in [0.1, 0.15) is 12.3 Å². The standard InChI is InChI=1S/C28H34N2O4S/c1-6-22-10-8-9-11-26(22)30(35(32,33)24-15-12-20(3)13-16-24)19-28(31)29-25(7-2)23-14-17-27(34-5)21(4)18-23/h8-18,25H,6-7,19H2,1-5H3,(H,29,31). The van der Waals surface area contributed by atoms with Crippen LogP contribution in [0.2, 0.25) is 0 Å². The number of para-hydroxylation sites is 1. The molecule has 0 spiro atoms. The number of nitrogens with one attached hydrogen (secondary N) is 1. The van der Waals surface area contributed by atoms with Gasteiger partial charge in [-0.25, -0.2) is 8.42 Å². The molecule has 186 valence electrons. The van der Waals surface area contributed by atoms with Crippen molar-refractivity contribution in [3.63, 3.8) is 0 Å². The van der Waals surface area contributed by atoms with Gasteiger partial charge in [-0.2, -0.15) is 0 Å². The number of rotatable bonds is 10. The molecular weight excluding hydrogens is 460 g/mol. The second-order valence-corrected chi connectivity index (χ2v) is 10.4. The van der Waals surface area contributed by atoms with Gasteiger partial charge in [-0.1, -0.05) is 61.9 Å². The predicted octanol–water partition coefficient (Wildman–Crippen LogP) is 5.34. The number of hydrogen-bond donors (Lipinski definition) is 1. The van der Waals surface area contributed by atoms with Gasteiger partial charge >= 0.3 is 0 Å². The molecule has 0 aliphatic carbocycles. The van der Waals surface area contributed by atoms with Crippen LogP contribution in [-0.2, 0) is 21.2 Å². The van der Waals surface area contributed by atoms with Crippen molar-refractivity contribution in [3.8, 4) is 5.75 Å². The van der Waals surface area contributed by atoms with Crippen LogP contribution in [0.25, 0.3) is 0 Å². The zero-order valence-electron chi connectivity index (χ0n) is 21.0. The lowest BCUT2D eigenvalue weighted by Gasteiger charge is -2.27. The minimum Gasteiger partial charge on any atom is -0.496 e. The van der Waals surface area contributed by atoms with Crippen LogP contribution in [0.15, 0.2) is 71.6 Å². The molecule has 0 aromatic heterocycles. The van der Waals surface area contributed by atoms with Crippen molar-refractivity contribution in [3.05, 3.63) is 89.0 Å². The molecule has 0 fully saturated rings. The highest BCUT2D eigenvalue weighted by Gasteiger charge is 2.29. The van der Waals surface area contributed by atoms with Crippen molar-refractivity contribution in [2.75, 3.05) is 18.0 Å². The molecule has 6 nitrogen and oxygen atoms in total. The fourth-order valence-electron chi connectivity index (χ4n) is 4.10. The van der Waals surface area contributed by atoms with Gasteiger partial charge in [-0.05, 0) is 67.6 Å². The first-order valence-electron chi connectivity index (χ1n) is 11.8. The predicted molar refractivity (Wildman–Crippen MR) is 140 cm³/mol. The number of carbonyl (C=O) groups is 1. The van der Waals surface area contributed by atoms with Crippen LogP contribution < -0.4 is 14.4 Å². The van der Waals surface area contributed by atoms with Gasteiger partial charge in [0.25, 0.3) is 10.0 Å². The van der Waals surface area contributed by atoms with Crippen molar-refractivity contribution in [2.45, 2.75) is 51.5 Å². The van der Waals surface area contributed by atoms with Crippen molar-refractivity contribution in [1.29, 1.82) is 0 Å². The summed E-state index contributed by atoms with van der Waals surface area (Å²) in [4.78, 5) is 13.4. The first kappa shape index (κ1) is 26.3. The van der Waals surface area contributed by atoms with Gasteiger partial charge in [0.2, 0.25) is 5.91 Å². The van der Waals surface area contributed by atoms with E-state index in [9.17, 15) is 13.2 Å². The maximum absolute atomic E-state index is 13.7. The second kappa shape index (κ2) is 11.4. The van der Waals surface area contributed by atoms with Crippen molar-refractivity contribution in [2.24, 2.45) is 0 Å². The van der Waals surface area contributed by atoms with E-state index in [0.29, 0.717) is 18.5 Å². The third-order valence-electron chi connectivity index (χ3n) is 6.10. The molecule has 3 rings (SSSR count). The number of anilines is 1. The van der Waals surface area contributed by atoms with Gasteiger partial charge in [0.15, 0.2) is 0 Å². The number of nitrogens with zero attached hydrogens (tertiary/aromatic N) is 1. The SMILES string of the molecule is CCc1ccccc1N(CC(=O)NC(CC)c1ccc(OC)c(C)c1)S(=O)(=O)c1ccc(C)cc1. The third-order valence-corrected chi connectivity index (χ3v) is 7.88. The number of aryl methyl sites for hydroxylation is 3. The van der Waals surface area contributed by atoms with E-state index >= 15 is 0 Å². The Hall–Kier alpha value is -3.32. The molecule has 1 unspecified atom stereocenters. The Kier molecular flexibility index (Phi) is 8.57. The number of ether oxygens (including phenoxy) is 1. The summed E-state index contributed by atoms with van der Waals surface area (Å²) in [7, 11) is -2.34. The molecule has 35 heavy (non-hydrogen) atoms. The van der Waals surface area contributed by atoms with Crippen molar-refractivity contribution in [1.82, 2.24) is 5.32 Å². The smallest absolute Gasteiger partial charge is 0.264 e. The maximum atomic E-state index is 13.7. The highest BCUT2D eigenvalue weighted by molar-refractivity contribution is 7.92.